The SMILES string of the molecule is [CH2]CN1C=CN(C(C)C)N1. The maximum atomic E-state index is 3.75. The van der Waals surface area contributed by atoms with Gasteiger partial charge >= 0.3 is 0 Å². The predicted molar refractivity (Wildman–Crippen MR) is 41.3 cm³/mol. The summed E-state index contributed by atoms with van der Waals surface area (Å²) in [4.78, 5) is 0. The summed E-state index contributed by atoms with van der Waals surface area (Å²) in [5.41, 5.74) is 3.13. The molecule has 0 amide bonds. The first-order valence-corrected chi connectivity index (χ1v) is 3.53. The first-order chi connectivity index (χ1) is 4.74. The highest BCUT2D eigenvalue weighted by atomic mass is 15.8. The van der Waals surface area contributed by atoms with Crippen LogP contribution < -0.4 is 5.53 Å². The Labute approximate surface area is 62.2 Å². The Morgan fingerprint density at radius 1 is 1.50 bits per heavy atom. The van der Waals surface area contributed by atoms with Crippen molar-refractivity contribution in [1.29, 1.82) is 0 Å². The van der Waals surface area contributed by atoms with Crippen molar-refractivity contribution in [2.45, 2.75) is 19.9 Å². The molecule has 0 aromatic rings. The first-order valence-electron chi connectivity index (χ1n) is 3.53. The summed E-state index contributed by atoms with van der Waals surface area (Å²) < 4.78 is 0. The van der Waals surface area contributed by atoms with Gasteiger partial charge in [-0.15, -0.1) is 5.53 Å². The summed E-state index contributed by atoms with van der Waals surface area (Å²) >= 11 is 0. The van der Waals surface area contributed by atoms with Gasteiger partial charge in [0.05, 0.1) is 0 Å². The van der Waals surface area contributed by atoms with E-state index in [0.29, 0.717) is 6.04 Å². The second kappa shape index (κ2) is 2.92. The number of hydrazine groups is 2. The number of nitrogens with one attached hydrogen (secondary N) is 1. The molecule has 1 N–H and O–H groups in total. The van der Waals surface area contributed by atoms with Crippen molar-refractivity contribution >= 4 is 0 Å². The summed E-state index contributed by atoms with van der Waals surface area (Å²) in [6.07, 6.45) is 3.99. The van der Waals surface area contributed by atoms with Crippen LogP contribution in [0.25, 0.3) is 0 Å². The highest BCUT2D eigenvalue weighted by Crippen LogP contribution is 2.02. The molecule has 0 aromatic heterocycles. The smallest absolute Gasteiger partial charge is 0.0410 e. The molecule has 0 aromatic carbocycles. The van der Waals surface area contributed by atoms with E-state index in [4.69, 9.17) is 0 Å². The molecule has 10 heavy (non-hydrogen) atoms. The van der Waals surface area contributed by atoms with Crippen molar-refractivity contribution in [3.05, 3.63) is 19.3 Å². The van der Waals surface area contributed by atoms with Gasteiger partial charge in [-0.25, -0.2) is 0 Å². The maximum Gasteiger partial charge on any atom is 0.0410 e. The van der Waals surface area contributed by atoms with E-state index in [-0.39, 0.29) is 0 Å². The van der Waals surface area contributed by atoms with Gasteiger partial charge in [0, 0.05) is 25.0 Å². The van der Waals surface area contributed by atoms with Gasteiger partial charge in [0.2, 0.25) is 0 Å². The van der Waals surface area contributed by atoms with Crippen LogP contribution in [0.5, 0.6) is 0 Å². The molecular weight excluding hydrogens is 126 g/mol. The van der Waals surface area contributed by atoms with Crippen LogP contribution in [0.15, 0.2) is 12.4 Å². The number of rotatable bonds is 2. The molecule has 0 aliphatic carbocycles. The average molecular weight is 140 g/mol. The number of nitrogens with zero attached hydrogens (tertiary/aromatic N) is 2. The minimum atomic E-state index is 0.493. The minimum absolute atomic E-state index is 0.493. The van der Waals surface area contributed by atoms with Crippen LogP contribution in [0.1, 0.15) is 13.8 Å². The number of hydrogen-bond acceptors (Lipinski definition) is 3. The molecule has 1 rings (SSSR count). The Morgan fingerprint density at radius 2 is 2.20 bits per heavy atom. The third kappa shape index (κ3) is 1.42. The van der Waals surface area contributed by atoms with E-state index in [0.717, 1.165) is 6.54 Å². The summed E-state index contributed by atoms with van der Waals surface area (Å²) in [6, 6.07) is 0.493. The maximum absolute atomic E-state index is 3.75. The second-order valence-corrected chi connectivity index (χ2v) is 2.59. The van der Waals surface area contributed by atoms with Crippen molar-refractivity contribution < 1.29 is 0 Å². The highest BCUT2D eigenvalue weighted by molar-refractivity contribution is 4.87. The van der Waals surface area contributed by atoms with Crippen molar-refractivity contribution in [2.24, 2.45) is 0 Å². The zero-order valence-corrected chi connectivity index (χ0v) is 6.54. The standard InChI is InChI=1S/C7H14N3/c1-4-9-5-6-10(8-9)7(2)3/h5-8H,1,4H2,2-3H3. The largest absolute Gasteiger partial charge is 0.297 e. The van der Waals surface area contributed by atoms with Crippen LogP contribution >= 0.6 is 0 Å². The average Bonchev–Trinajstić information content (AvgIpc) is 2.34. The van der Waals surface area contributed by atoms with Crippen molar-refractivity contribution in [1.82, 2.24) is 15.6 Å². The van der Waals surface area contributed by atoms with E-state index < -0.39 is 0 Å². The van der Waals surface area contributed by atoms with Crippen LogP contribution in [0.4, 0.5) is 0 Å². The van der Waals surface area contributed by atoms with Crippen LogP contribution in [-0.4, -0.2) is 22.6 Å². The zero-order valence-electron chi connectivity index (χ0n) is 6.54. The molecule has 0 atom stereocenters. The zero-order chi connectivity index (χ0) is 7.56. The Bertz CT molecular complexity index is 131. The van der Waals surface area contributed by atoms with Gasteiger partial charge in [-0.05, 0) is 20.8 Å². The van der Waals surface area contributed by atoms with Crippen LogP contribution in [0, 0.1) is 6.92 Å². The number of hydrogen-bond donors (Lipinski definition) is 1. The molecule has 0 fully saturated rings. The summed E-state index contributed by atoms with van der Waals surface area (Å²) in [7, 11) is 0. The van der Waals surface area contributed by atoms with Crippen LogP contribution in [-0.2, 0) is 0 Å². The Balaban J connectivity index is 2.37. The monoisotopic (exact) mass is 140 g/mol. The van der Waals surface area contributed by atoms with Gasteiger partial charge in [-0.3, -0.25) is 10.0 Å². The fraction of sp³-hybridized carbons (Fsp3) is 0.571. The van der Waals surface area contributed by atoms with E-state index in [9.17, 15) is 0 Å². The minimum Gasteiger partial charge on any atom is -0.297 e. The molecule has 0 saturated carbocycles. The topological polar surface area (TPSA) is 18.5 Å². The summed E-state index contributed by atoms with van der Waals surface area (Å²) in [5, 5.41) is 3.96. The van der Waals surface area contributed by atoms with Gasteiger partial charge in [0.1, 0.15) is 0 Å². The summed E-state index contributed by atoms with van der Waals surface area (Å²) in [5.74, 6) is 0. The molecule has 1 heterocycles. The van der Waals surface area contributed by atoms with E-state index in [1.165, 1.54) is 0 Å². The van der Waals surface area contributed by atoms with Crippen LogP contribution in [0.2, 0.25) is 0 Å². The molecule has 3 nitrogen and oxygen atoms in total. The lowest BCUT2D eigenvalue weighted by Gasteiger charge is -2.24. The normalized spacial score (nSPS) is 17.6. The van der Waals surface area contributed by atoms with E-state index in [1.807, 2.05) is 22.4 Å². The quantitative estimate of drug-likeness (QED) is 0.610. The Kier molecular flexibility index (Phi) is 2.17. The third-order valence-corrected chi connectivity index (χ3v) is 1.45. The molecule has 0 saturated heterocycles. The van der Waals surface area contributed by atoms with Crippen molar-refractivity contribution in [3.8, 4) is 0 Å². The fourth-order valence-corrected chi connectivity index (χ4v) is 0.779. The lowest BCUT2D eigenvalue weighted by atomic mass is 10.4. The molecule has 3 heteroatoms. The molecule has 57 valence electrons. The Hall–Kier alpha value is -0.700. The fourth-order valence-electron chi connectivity index (χ4n) is 0.779. The summed E-state index contributed by atoms with van der Waals surface area (Å²) in [6.45, 7) is 8.75. The second-order valence-electron chi connectivity index (χ2n) is 2.59. The molecule has 1 aliphatic rings. The van der Waals surface area contributed by atoms with E-state index >= 15 is 0 Å². The lowest BCUT2D eigenvalue weighted by Crippen LogP contribution is -2.42. The Morgan fingerprint density at radius 3 is 2.50 bits per heavy atom. The van der Waals surface area contributed by atoms with Crippen LogP contribution in [0.3, 0.4) is 0 Å². The van der Waals surface area contributed by atoms with Crippen molar-refractivity contribution in [2.75, 3.05) is 6.54 Å². The molecule has 0 unspecified atom stereocenters. The molecule has 0 bridgehead atoms. The molecule has 0 spiro atoms. The van der Waals surface area contributed by atoms with Gasteiger partial charge < -0.3 is 0 Å². The first kappa shape index (κ1) is 7.41. The third-order valence-electron chi connectivity index (χ3n) is 1.45. The van der Waals surface area contributed by atoms with Gasteiger partial charge in [-0.2, -0.15) is 0 Å². The predicted octanol–water partition coefficient (Wildman–Crippen LogP) is 0.737. The van der Waals surface area contributed by atoms with Gasteiger partial charge in [0.15, 0.2) is 0 Å². The molecule has 1 aliphatic heterocycles. The van der Waals surface area contributed by atoms with E-state index in [2.05, 4.69) is 26.3 Å². The highest BCUT2D eigenvalue weighted by Gasteiger charge is 2.11. The van der Waals surface area contributed by atoms with Crippen molar-refractivity contribution in [3.63, 3.8) is 0 Å². The lowest BCUT2D eigenvalue weighted by molar-refractivity contribution is 0.120. The molecule has 1 radical (unpaired) electrons. The van der Waals surface area contributed by atoms with Gasteiger partial charge in [0.25, 0.3) is 0 Å². The van der Waals surface area contributed by atoms with E-state index in [1.54, 1.807) is 0 Å². The molecular formula is C7H14N3. The van der Waals surface area contributed by atoms with Gasteiger partial charge in [-0.1, -0.05) is 0 Å².